The van der Waals surface area contributed by atoms with Gasteiger partial charge < -0.3 is 14.9 Å². The first-order chi connectivity index (χ1) is 11.5. The van der Waals surface area contributed by atoms with Crippen molar-refractivity contribution in [1.29, 1.82) is 0 Å². The highest BCUT2D eigenvalue weighted by Gasteiger charge is 2.20. The highest BCUT2D eigenvalue weighted by Crippen LogP contribution is 2.24. The van der Waals surface area contributed by atoms with Crippen LogP contribution in [-0.2, 0) is 17.9 Å². The third-order valence-electron chi connectivity index (χ3n) is 4.20. The number of amides is 1. The molecule has 2 rings (SSSR count). The average Bonchev–Trinajstić information content (AvgIpc) is 3.05. The van der Waals surface area contributed by atoms with Gasteiger partial charge in [0.15, 0.2) is 6.61 Å². The average molecular weight is 330 g/mol. The molecule has 0 radical (unpaired) electrons. The Hall–Kier alpha value is -2.27. The van der Waals surface area contributed by atoms with E-state index in [0.29, 0.717) is 24.3 Å². The molecule has 1 aromatic carbocycles. The van der Waals surface area contributed by atoms with Gasteiger partial charge in [0.1, 0.15) is 11.5 Å². The van der Waals surface area contributed by atoms with Crippen molar-refractivity contribution in [3.8, 4) is 5.75 Å². The van der Waals surface area contributed by atoms with E-state index in [1.165, 1.54) is 0 Å². The lowest BCUT2D eigenvalue weighted by atomic mass is 10.0. The van der Waals surface area contributed by atoms with E-state index in [4.69, 9.17) is 14.9 Å². The molecule has 2 aromatic rings. The first-order valence-corrected chi connectivity index (χ1v) is 8.22. The molecule has 0 saturated heterocycles. The molecule has 1 atom stereocenters. The van der Waals surface area contributed by atoms with Crippen molar-refractivity contribution in [2.75, 3.05) is 6.61 Å². The van der Waals surface area contributed by atoms with Crippen LogP contribution in [0.2, 0.25) is 0 Å². The molecule has 0 saturated carbocycles. The van der Waals surface area contributed by atoms with Crippen LogP contribution >= 0.6 is 0 Å². The van der Waals surface area contributed by atoms with Crippen molar-refractivity contribution >= 4 is 5.91 Å². The van der Waals surface area contributed by atoms with Gasteiger partial charge in [-0.2, -0.15) is 0 Å². The van der Waals surface area contributed by atoms with Gasteiger partial charge in [0, 0.05) is 18.2 Å². The second-order valence-corrected chi connectivity index (χ2v) is 6.33. The van der Waals surface area contributed by atoms with Gasteiger partial charge in [-0.15, -0.1) is 0 Å². The van der Waals surface area contributed by atoms with E-state index < -0.39 is 5.91 Å². The Morgan fingerprint density at radius 1 is 1.17 bits per heavy atom. The van der Waals surface area contributed by atoms with E-state index in [1.807, 2.05) is 36.4 Å². The molecule has 0 unspecified atom stereocenters. The maximum absolute atomic E-state index is 11.0. The number of furan rings is 1. The fourth-order valence-corrected chi connectivity index (χ4v) is 2.51. The summed E-state index contributed by atoms with van der Waals surface area (Å²) in [7, 11) is 0. The van der Waals surface area contributed by atoms with Crippen LogP contribution in [0.15, 0.2) is 47.1 Å². The van der Waals surface area contributed by atoms with Crippen LogP contribution in [0.3, 0.4) is 0 Å². The van der Waals surface area contributed by atoms with Crippen molar-refractivity contribution in [3.05, 3.63) is 54.0 Å². The summed E-state index contributed by atoms with van der Waals surface area (Å²) < 4.78 is 11.1. The minimum absolute atomic E-state index is 0.116. The van der Waals surface area contributed by atoms with Crippen LogP contribution in [0, 0.1) is 5.92 Å². The highest BCUT2D eigenvalue weighted by molar-refractivity contribution is 5.75. The van der Waals surface area contributed by atoms with Crippen LogP contribution < -0.4 is 10.5 Å². The molecule has 5 heteroatoms. The van der Waals surface area contributed by atoms with E-state index >= 15 is 0 Å². The Bertz CT molecular complexity index is 638. The molecule has 1 amide bonds. The lowest BCUT2D eigenvalue weighted by Gasteiger charge is -2.31. The Balaban J connectivity index is 2.17. The minimum atomic E-state index is -0.479. The van der Waals surface area contributed by atoms with Gasteiger partial charge in [0.05, 0.1) is 12.8 Å². The van der Waals surface area contributed by atoms with Gasteiger partial charge in [-0.3, -0.25) is 9.69 Å². The van der Waals surface area contributed by atoms with Crippen LogP contribution in [0.5, 0.6) is 5.75 Å². The summed E-state index contributed by atoms with van der Waals surface area (Å²) in [6.07, 6.45) is 1.69. The molecule has 0 spiro atoms. The van der Waals surface area contributed by atoms with Crippen LogP contribution in [0.25, 0.3) is 0 Å². The molecular formula is C19H26N2O3. The van der Waals surface area contributed by atoms with Crippen LogP contribution in [0.1, 0.15) is 32.1 Å². The van der Waals surface area contributed by atoms with Crippen LogP contribution in [-0.4, -0.2) is 23.5 Å². The third kappa shape index (κ3) is 5.13. The Morgan fingerprint density at radius 3 is 2.54 bits per heavy atom. The zero-order valence-electron chi connectivity index (χ0n) is 14.6. The van der Waals surface area contributed by atoms with Crippen LogP contribution in [0.4, 0.5) is 0 Å². The lowest BCUT2D eigenvalue weighted by Crippen LogP contribution is -2.35. The Kier molecular flexibility index (Phi) is 6.44. The highest BCUT2D eigenvalue weighted by atomic mass is 16.5. The molecule has 1 aromatic heterocycles. The number of carbonyl (C=O) groups is 1. The molecule has 130 valence electrons. The summed E-state index contributed by atoms with van der Waals surface area (Å²) in [6.45, 7) is 7.92. The van der Waals surface area contributed by atoms with Crippen molar-refractivity contribution < 1.29 is 13.9 Å². The number of hydrogen-bond acceptors (Lipinski definition) is 4. The Morgan fingerprint density at radius 2 is 1.92 bits per heavy atom. The summed E-state index contributed by atoms with van der Waals surface area (Å²) in [4.78, 5) is 13.3. The third-order valence-corrected chi connectivity index (χ3v) is 4.20. The number of ether oxygens (including phenoxy) is 1. The van der Waals surface area contributed by atoms with E-state index in [1.54, 1.807) is 6.26 Å². The normalized spacial score (nSPS) is 12.5. The predicted molar refractivity (Wildman–Crippen MR) is 93.4 cm³/mol. The minimum Gasteiger partial charge on any atom is -0.483 e. The van der Waals surface area contributed by atoms with Crippen molar-refractivity contribution in [2.24, 2.45) is 11.7 Å². The number of nitrogens with two attached hydrogens (primary N) is 1. The molecule has 5 nitrogen and oxygen atoms in total. The summed E-state index contributed by atoms with van der Waals surface area (Å²) in [5, 5.41) is 0. The summed E-state index contributed by atoms with van der Waals surface area (Å²) in [5.41, 5.74) is 6.21. The molecule has 0 fully saturated rings. The molecular weight excluding hydrogens is 304 g/mol. The topological polar surface area (TPSA) is 68.7 Å². The van der Waals surface area contributed by atoms with E-state index in [-0.39, 0.29) is 6.61 Å². The van der Waals surface area contributed by atoms with Crippen molar-refractivity contribution in [2.45, 2.75) is 39.9 Å². The number of primary amides is 1. The number of rotatable bonds is 9. The number of carbonyl (C=O) groups excluding carboxylic acids is 1. The van der Waals surface area contributed by atoms with Gasteiger partial charge in [0.25, 0.3) is 5.91 Å². The first kappa shape index (κ1) is 18.1. The van der Waals surface area contributed by atoms with Gasteiger partial charge in [-0.05, 0) is 31.0 Å². The van der Waals surface area contributed by atoms with Gasteiger partial charge in [0.2, 0.25) is 0 Å². The number of hydrogen-bond donors (Lipinski definition) is 1. The molecule has 2 N–H and O–H groups in total. The van der Waals surface area contributed by atoms with Gasteiger partial charge in [-0.1, -0.05) is 32.0 Å². The van der Waals surface area contributed by atoms with Crippen molar-refractivity contribution in [1.82, 2.24) is 4.90 Å². The molecule has 0 aliphatic carbocycles. The Labute approximate surface area is 143 Å². The van der Waals surface area contributed by atoms with E-state index in [0.717, 1.165) is 17.9 Å². The van der Waals surface area contributed by atoms with E-state index in [9.17, 15) is 4.79 Å². The largest absolute Gasteiger partial charge is 0.483 e. The summed E-state index contributed by atoms with van der Waals surface area (Å²) in [5.74, 6) is 1.64. The van der Waals surface area contributed by atoms with Crippen molar-refractivity contribution in [3.63, 3.8) is 0 Å². The SMILES string of the molecule is CC(C)[C@H](C)N(Cc1ccco1)Cc1ccccc1OCC(N)=O. The fraction of sp³-hybridized carbons (Fsp3) is 0.421. The van der Waals surface area contributed by atoms with Gasteiger partial charge in [-0.25, -0.2) is 0 Å². The fourth-order valence-electron chi connectivity index (χ4n) is 2.51. The first-order valence-electron chi connectivity index (χ1n) is 8.22. The van der Waals surface area contributed by atoms with Gasteiger partial charge >= 0.3 is 0 Å². The summed E-state index contributed by atoms with van der Waals surface area (Å²) in [6, 6.07) is 12.0. The molecule has 24 heavy (non-hydrogen) atoms. The lowest BCUT2D eigenvalue weighted by molar-refractivity contribution is -0.119. The maximum Gasteiger partial charge on any atom is 0.255 e. The molecule has 1 heterocycles. The monoisotopic (exact) mass is 330 g/mol. The number of para-hydroxylation sites is 1. The predicted octanol–water partition coefficient (Wildman–Crippen LogP) is 3.19. The quantitative estimate of drug-likeness (QED) is 0.766. The zero-order chi connectivity index (χ0) is 17.5. The molecule has 0 aliphatic heterocycles. The smallest absolute Gasteiger partial charge is 0.255 e. The second kappa shape index (κ2) is 8.55. The molecule has 0 aliphatic rings. The molecule has 0 bridgehead atoms. The summed E-state index contributed by atoms with van der Waals surface area (Å²) >= 11 is 0. The number of nitrogens with zero attached hydrogens (tertiary/aromatic N) is 1. The maximum atomic E-state index is 11.0. The van der Waals surface area contributed by atoms with E-state index in [2.05, 4.69) is 25.7 Å². The zero-order valence-corrected chi connectivity index (χ0v) is 14.6. The second-order valence-electron chi connectivity index (χ2n) is 6.33. The number of benzene rings is 1. The standard InChI is InChI=1S/C19H26N2O3/c1-14(2)15(3)21(12-17-8-6-10-23-17)11-16-7-4-5-9-18(16)24-13-19(20)22/h4-10,14-15H,11-13H2,1-3H3,(H2,20,22)/t15-/m0/s1.